The fourth-order valence-electron chi connectivity index (χ4n) is 11.0. The Balaban J connectivity index is 1.13. The fraction of sp³-hybridized carbons (Fsp3) is 0.250. The predicted octanol–water partition coefficient (Wildman–Crippen LogP) is 21.4. The van der Waals surface area contributed by atoms with Gasteiger partial charge in [-0.25, -0.2) is 0 Å². The monoisotopic (exact) mass is 969 g/mol. The zero-order valence-corrected chi connectivity index (χ0v) is 45.4. The van der Waals surface area contributed by atoms with Crippen molar-refractivity contribution in [1.29, 1.82) is 0 Å². The average molecular weight is 969 g/mol. The van der Waals surface area contributed by atoms with Crippen LogP contribution in [0.2, 0.25) is 0 Å². The van der Waals surface area contributed by atoms with Gasteiger partial charge < -0.3 is 9.80 Å². The number of benzene rings is 9. The Morgan fingerprint density at radius 3 is 0.892 bits per heavy atom. The summed E-state index contributed by atoms with van der Waals surface area (Å²) in [5.74, 6) is 0. The summed E-state index contributed by atoms with van der Waals surface area (Å²) in [7, 11) is 0. The Morgan fingerprint density at radius 1 is 0.270 bits per heavy atom. The van der Waals surface area contributed by atoms with E-state index in [4.69, 9.17) is 0 Å². The van der Waals surface area contributed by atoms with Crippen molar-refractivity contribution in [1.82, 2.24) is 0 Å². The fourth-order valence-corrected chi connectivity index (χ4v) is 11.0. The predicted molar refractivity (Wildman–Crippen MR) is 322 cm³/mol. The normalized spacial score (nSPS) is 11.2. The molecule has 0 aromatic heterocycles. The van der Waals surface area contributed by atoms with E-state index < -0.39 is 0 Å². The van der Waals surface area contributed by atoms with Gasteiger partial charge in [0.1, 0.15) is 0 Å². The zero-order valence-electron chi connectivity index (χ0n) is 45.4. The molecule has 9 aromatic rings. The molecule has 9 aromatic carbocycles. The molecule has 74 heavy (non-hydrogen) atoms. The van der Waals surface area contributed by atoms with E-state index >= 15 is 0 Å². The Morgan fingerprint density at radius 2 is 0.581 bits per heavy atom. The lowest BCUT2D eigenvalue weighted by Gasteiger charge is -2.28. The van der Waals surface area contributed by atoms with Crippen molar-refractivity contribution in [2.75, 3.05) is 9.80 Å². The number of nitrogens with zero attached hydrogens (tertiary/aromatic N) is 2. The van der Waals surface area contributed by atoms with Crippen molar-refractivity contribution in [3.63, 3.8) is 0 Å². The quantitative estimate of drug-likeness (QED) is 0.0702. The summed E-state index contributed by atoms with van der Waals surface area (Å²) >= 11 is 0. The molecule has 0 amide bonds. The van der Waals surface area contributed by atoms with Crippen LogP contribution in [-0.2, 0) is 12.8 Å². The molecule has 0 saturated heterocycles. The molecule has 0 aliphatic heterocycles. The SMILES string of the molecule is CCCCCCc1cc(-c2ccc(N(c3ccc(C)cc3)c3ccc(-c4ccccc4)c(C)c3)cc2C)c(CCCCCC)cc1-c1ccc(N(c2ccc(C)cc2)c2ccc(-c3ccccc3)c(C)c2)cc1C. The van der Waals surface area contributed by atoms with Gasteiger partial charge in [0.2, 0.25) is 0 Å². The van der Waals surface area contributed by atoms with Gasteiger partial charge in [-0.05, 0) is 218 Å². The van der Waals surface area contributed by atoms with Gasteiger partial charge in [-0.1, -0.05) is 185 Å². The third-order valence-corrected chi connectivity index (χ3v) is 15.1. The molecular formula is C72H76N2. The maximum Gasteiger partial charge on any atom is 0.0464 e. The van der Waals surface area contributed by atoms with Crippen molar-refractivity contribution in [3.05, 3.63) is 239 Å². The number of aryl methyl sites for hydroxylation is 8. The number of hydrogen-bond acceptors (Lipinski definition) is 2. The molecule has 2 nitrogen and oxygen atoms in total. The second-order valence-corrected chi connectivity index (χ2v) is 20.9. The first-order valence-electron chi connectivity index (χ1n) is 27.5. The minimum atomic E-state index is 1.05. The van der Waals surface area contributed by atoms with Crippen LogP contribution in [0, 0.1) is 41.5 Å². The first-order chi connectivity index (χ1) is 36.1. The van der Waals surface area contributed by atoms with Crippen LogP contribution in [0.3, 0.4) is 0 Å². The number of unbranched alkanes of at least 4 members (excludes halogenated alkanes) is 6. The first-order valence-corrected chi connectivity index (χ1v) is 27.5. The van der Waals surface area contributed by atoms with Gasteiger partial charge in [-0.15, -0.1) is 0 Å². The van der Waals surface area contributed by atoms with Crippen LogP contribution in [0.5, 0.6) is 0 Å². The summed E-state index contributed by atoms with van der Waals surface area (Å²) in [4.78, 5) is 4.86. The molecule has 0 spiro atoms. The molecule has 0 saturated carbocycles. The highest BCUT2D eigenvalue weighted by atomic mass is 15.1. The first kappa shape index (κ1) is 51.5. The molecule has 0 N–H and O–H groups in total. The largest absolute Gasteiger partial charge is 0.310 e. The Hall–Kier alpha value is -7.42. The lowest BCUT2D eigenvalue weighted by molar-refractivity contribution is 0.664. The number of anilines is 6. The summed E-state index contributed by atoms with van der Waals surface area (Å²) in [6, 6.07) is 72.9. The average Bonchev–Trinajstić information content (AvgIpc) is 3.41. The summed E-state index contributed by atoms with van der Waals surface area (Å²) in [6.07, 6.45) is 11.9. The maximum absolute atomic E-state index is 2.60. The van der Waals surface area contributed by atoms with E-state index in [1.165, 1.54) is 152 Å². The molecule has 9 rings (SSSR count). The highest BCUT2D eigenvalue weighted by Crippen LogP contribution is 2.44. The third-order valence-electron chi connectivity index (χ3n) is 15.1. The Kier molecular flexibility index (Phi) is 16.8. The third kappa shape index (κ3) is 11.8. The Labute approximate surface area is 444 Å². The summed E-state index contributed by atoms with van der Waals surface area (Å²) in [5.41, 5.74) is 27.9. The molecule has 0 bridgehead atoms. The van der Waals surface area contributed by atoms with E-state index in [-0.39, 0.29) is 0 Å². The van der Waals surface area contributed by atoms with Crippen LogP contribution in [0.25, 0.3) is 44.5 Å². The van der Waals surface area contributed by atoms with Crippen LogP contribution in [-0.4, -0.2) is 0 Å². The van der Waals surface area contributed by atoms with Gasteiger partial charge in [-0.2, -0.15) is 0 Å². The molecule has 0 aliphatic rings. The van der Waals surface area contributed by atoms with Crippen LogP contribution >= 0.6 is 0 Å². The molecule has 374 valence electrons. The number of rotatable bonds is 20. The lowest BCUT2D eigenvalue weighted by Crippen LogP contribution is -2.11. The molecule has 0 heterocycles. The minimum absolute atomic E-state index is 1.05. The van der Waals surface area contributed by atoms with Gasteiger partial charge in [0, 0.05) is 34.1 Å². The van der Waals surface area contributed by atoms with Crippen molar-refractivity contribution < 1.29 is 0 Å². The summed E-state index contributed by atoms with van der Waals surface area (Å²) in [6.45, 7) is 18.1. The Bertz CT molecular complexity index is 3070. The lowest BCUT2D eigenvalue weighted by atomic mass is 9.84. The second-order valence-electron chi connectivity index (χ2n) is 20.9. The molecule has 2 heteroatoms. The summed E-state index contributed by atoms with van der Waals surface area (Å²) < 4.78 is 0. The van der Waals surface area contributed by atoms with Gasteiger partial charge in [-0.3, -0.25) is 0 Å². The van der Waals surface area contributed by atoms with Crippen molar-refractivity contribution in [2.45, 2.75) is 120 Å². The minimum Gasteiger partial charge on any atom is -0.310 e. The smallest absolute Gasteiger partial charge is 0.0464 e. The zero-order chi connectivity index (χ0) is 51.6. The highest BCUT2D eigenvalue weighted by Gasteiger charge is 2.21. The van der Waals surface area contributed by atoms with E-state index in [1.807, 2.05) is 0 Å². The van der Waals surface area contributed by atoms with Crippen molar-refractivity contribution >= 4 is 34.1 Å². The standard InChI is InChI=1S/C72H76N2/c1-9-11-13-17-27-59-49-72(70-44-40-66(48-56(70)8)74(62-35-31-52(4)32-36-62)64-38-42-68(54(6)46-64)58-25-21-16-22-26-58)60(28-18-14-12-10-2)50-71(59)69-43-39-65(47-55(69)7)73(61-33-29-51(3)30-34-61)63-37-41-67(53(5)45-63)57-23-19-15-20-24-57/h15-16,19-26,29-50H,9-14,17-18,27-28H2,1-8H3. The molecule has 0 atom stereocenters. The van der Waals surface area contributed by atoms with E-state index in [9.17, 15) is 0 Å². The van der Waals surface area contributed by atoms with Gasteiger partial charge >= 0.3 is 0 Å². The van der Waals surface area contributed by atoms with Crippen LogP contribution in [0.4, 0.5) is 34.1 Å². The second kappa shape index (κ2) is 24.1. The molecule has 0 aliphatic carbocycles. The van der Waals surface area contributed by atoms with Crippen LogP contribution in [0.1, 0.15) is 110 Å². The van der Waals surface area contributed by atoms with Crippen LogP contribution in [0.15, 0.2) is 194 Å². The number of hydrogen-bond donors (Lipinski definition) is 0. The van der Waals surface area contributed by atoms with Crippen molar-refractivity contribution in [3.8, 4) is 44.5 Å². The van der Waals surface area contributed by atoms with Crippen LogP contribution < -0.4 is 9.80 Å². The van der Waals surface area contributed by atoms with Gasteiger partial charge in [0.25, 0.3) is 0 Å². The molecule has 0 radical (unpaired) electrons. The summed E-state index contributed by atoms with van der Waals surface area (Å²) in [5, 5.41) is 0. The maximum atomic E-state index is 2.60. The molecular weight excluding hydrogens is 893 g/mol. The van der Waals surface area contributed by atoms with Gasteiger partial charge in [0.15, 0.2) is 0 Å². The van der Waals surface area contributed by atoms with E-state index in [0.717, 1.165) is 35.6 Å². The molecule has 0 unspecified atom stereocenters. The topological polar surface area (TPSA) is 6.48 Å². The van der Waals surface area contributed by atoms with E-state index in [1.54, 1.807) is 0 Å². The van der Waals surface area contributed by atoms with E-state index in [0.29, 0.717) is 0 Å². The van der Waals surface area contributed by atoms with Gasteiger partial charge in [0.05, 0.1) is 0 Å². The van der Waals surface area contributed by atoms with Crippen molar-refractivity contribution in [2.24, 2.45) is 0 Å². The molecule has 0 fully saturated rings. The highest BCUT2D eigenvalue weighted by molar-refractivity contribution is 5.86. The van der Waals surface area contributed by atoms with E-state index in [2.05, 4.69) is 259 Å².